The second-order valence-corrected chi connectivity index (χ2v) is 4.04. The highest BCUT2D eigenvalue weighted by Gasteiger charge is 2.31. The zero-order chi connectivity index (χ0) is 11.6. The summed E-state index contributed by atoms with van der Waals surface area (Å²) in [6.45, 7) is 0. The van der Waals surface area contributed by atoms with E-state index in [2.05, 4.69) is 15.9 Å². The summed E-state index contributed by atoms with van der Waals surface area (Å²) < 4.78 is 49.2. The third-order valence-corrected chi connectivity index (χ3v) is 2.22. The van der Waals surface area contributed by atoms with Gasteiger partial charge in [0, 0.05) is 10.5 Å². The van der Waals surface area contributed by atoms with Crippen LogP contribution in [0, 0.1) is 5.82 Å². The first-order valence-corrected chi connectivity index (χ1v) is 4.85. The molecule has 1 aromatic carbocycles. The number of alkyl halides is 3. The molecule has 1 aromatic rings. The molecule has 0 aliphatic carbocycles. The summed E-state index contributed by atoms with van der Waals surface area (Å²) in [4.78, 5) is 0. The smallest absolute Gasteiger partial charge is 0.324 e. The minimum absolute atomic E-state index is 0.124. The van der Waals surface area contributed by atoms with Crippen molar-refractivity contribution in [2.24, 2.45) is 5.73 Å². The van der Waals surface area contributed by atoms with Crippen LogP contribution in [0.1, 0.15) is 18.0 Å². The first-order valence-electron chi connectivity index (χ1n) is 4.06. The molecule has 6 heteroatoms. The minimum atomic E-state index is -4.35. The lowest BCUT2D eigenvalue weighted by molar-refractivity contribution is -0.138. The van der Waals surface area contributed by atoms with Crippen LogP contribution in [0.25, 0.3) is 0 Å². The topological polar surface area (TPSA) is 26.0 Å². The summed E-state index contributed by atoms with van der Waals surface area (Å²) in [5, 5.41) is 0. The number of halogens is 5. The van der Waals surface area contributed by atoms with E-state index in [9.17, 15) is 17.6 Å². The molecule has 0 unspecified atom stereocenters. The van der Waals surface area contributed by atoms with Crippen LogP contribution in [0.5, 0.6) is 0 Å². The van der Waals surface area contributed by atoms with E-state index in [4.69, 9.17) is 5.73 Å². The normalized spacial score (nSPS) is 14.0. The molecule has 0 aromatic heterocycles. The van der Waals surface area contributed by atoms with E-state index in [0.29, 0.717) is 4.47 Å². The number of benzene rings is 1. The first kappa shape index (κ1) is 12.4. The van der Waals surface area contributed by atoms with Crippen LogP contribution in [0.3, 0.4) is 0 Å². The molecule has 1 rings (SSSR count). The molecular weight excluding hydrogens is 278 g/mol. The lowest BCUT2D eigenvalue weighted by Gasteiger charge is -2.14. The Morgan fingerprint density at radius 3 is 2.33 bits per heavy atom. The molecule has 0 bridgehead atoms. The van der Waals surface area contributed by atoms with Crippen LogP contribution in [0.2, 0.25) is 0 Å². The van der Waals surface area contributed by atoms with E-state index in [1.807, 2.05) is 0 Å². The molecule has 0 aliphatic heterocycles. The monoisotopic (exact) mass is 285 g/mol. The van der Waals surface area contributed by atoms with Crippen molar-refractivity contribution >= 4 is 15.9 Å². The predicted octanol–water partition coefficient (Wildman–Crippen LogP) is 3.54. The maximum Gasteiger partial charge on any atom is 0.390 e. The zero-order valence-electron chi connectivity index (χ0n) is 7.48. The molecule has 0 saturated carbocycles. The summed E-state index contributed by atoms with van der Waals surface area (Å²) in [6, 6.07) is 2.29. The Labute approximate surface area is 92.4 Å². The van der Waals surface area contributed by atoms with Gasteiger partial charge >= 0.3 is 6.18 Å². The highest BCUT2D eigenvalue weighted by Crippen LogP contribution is 2.29. The second kappa shape index (κ2) is 4.49. The average molecular weight is 286 g/mol. The number of nitrogens with two attached hydrogens (primary N) is 1. The van der Waals surface area contributed by atoms with Gasteiger partial charge in [-0.3, -0.25) is 0 Å². The maximum absolute atomic E-state index is 12.9. The second-order valence-electron chi connectivity index (χ2n) is 3.13. The third kappa shape index (κ3) is 4.17. The van der Waals surface area contributed by atoms with Crippen molar-refractivity contribution in [3.05, 3.63) is 34.1 Å². The van der Waals surface area contributed by atoms with Crippen LogP contribution in [0.4, 0.5) is 17.6 Å². The van der Waals surface area contributed by atoms with Gasteiger partial charge < -0.3 is 5.73 Å². The lowest BCUT2D eigenvalue weighted by atomic mass is 10.0. The van der Waals surface area contributed by atoms with Crippen molar-refractivity contribution in [3.63, 3.8) is 0 Å². The van der Waals surface area contributed by atoms with Gasteiger partial charge in [-0.1, -0.05) is 15.9 Å². The Bertz CT molecular complexity index is 330. The third-order valence-electron chi connectivity index (χ3n) is 1.76. The fraction of sp³-hybridized carbons (Fsp3) is 0.333. The van der Waals surface area contributed by atoms with Crippen molar-refractivity contribution < 1.29 is 17.6 Å². The molecular formula is C9H8BrF4N. The van der Waals surface area contributed by atoms with Gasteiger partial charge in [0.15, 0.2) is 0 Å². The van der Waals surface area contributed by atoms with Gasteiger partial charge in [0.05, 0.1) is 6.42 Å². The quantitative estimate of drug-likeness (QED) is 0.827. The Hall–Kier alpha value is -0.620. The number of hydrogen-bond acceptors (Lipinski definition) is 1. The molecule has 0 heterocycles. The van der Waals surface area contributed by atoms with E-state index in [-0.39, 0.29) is 5.56 Å². The molecule has 0 amide bonds. The van der Waals surface area contributed by atoms with Crippen molar-refractivity contribution in [1.82, 2.24) is 0 Å². The Morgan fingerprint density at radius 1 is 1.27 bits per heavy atom. The van der Waals surface area contributed by atoms with Crippen LogP contribution in [-0.2, 0) is 0 Å². The molecule has 0 radical (unpaired) electrons. The van der Waals surface area contributed by atoms with Gasteiger partial charge in [0.25, 0.3) is 0 Å². The molecule has 2 N–H and O–H groups in total. The van der Waals surface area contributed by atoms with Gasteiger partial charge in [0.1, 0.15) is 5.82 Å². The lowest BCUT2D eigenvalue weighted by Crippen LogP contribution is -2.20. The summed E-state index contributed by atoms with van der Waals surface area (Å²) in [5.74, 6) is -0.614. The van der Waals surface area contributed by atoms with Crippen LogP contribution in [-0.4, -0.2) is 6.18 Å². The van der Waals surface area contributed by atoms with Crippen molar-refractivity contribution in [2.75, 3.05) is 0 Å². The van der Waals surface area contributed by atoms with Gasteiger partial charge in [-0.05, 0) is 23.8 Å². The van der Waals surface area contributed by atoms with E-state index in [1.54, 1.807) is 0 Å². The predicted molar refractivity (Wildman–Crippen MR) is 51.7 cm³/mol. The first-order chi connectivity index (χ1) is 6.78. The summed E-state index contributed by atoms with van der Waals surface area (Å²) in [6.07, 6.45) is -5.51. The highest BCUT2D eigenvalue weighted by atomic mass is 79.9. The fourth-order valence-corrected chi connectivity index (χ4v) is 1.64. The molecule has 0 saturated heterocycles. The average Bonchev–Trinajstić information content (AvgIpc) is 1.98. The number of rotatable bonds is 2. The Balaban J connectivity index is 2.86. The van der Waals surface area contributed by atoms with E-state index >= 15 is 0 Å². The van der Waals surface area contributed by atoms with Crippen molar-refractivity contribution in [3.8, 4) is 0 Å². The van der Waals surface area contributed by atoms with Crippen molar-refractivity contribution in [1.29, 1.82) is 0 Å². The molecule has 1 atom stereocenters. The molecule has 1 nitrogen and oxygen atoms in total. The Morgan fingerprint density at radius 2 is 1.87 bits per heavy atom. The highest BCUT2D eigenvalue weighted by molar-refractivity contribution is 9.10. The standard InChI is InChI=1S/C9H8BrF4N/c10-6-1-5(2-7(11)3-6)8(15)4-9(12,13)14/h1-3,8H,4,15H2/t8-/m0/s1. The summed E-state index contributed by atoms with van der Waals surface area (Å²) >= 11 is 2.98. The van der Waals surface area contributed by atoms with Crippen LogP contribution >= 0.6 is 15.9 Å². The van der Waals surface area contributed by atoms with Gasteiger partial charge in [0.2, 0.25) is 0 Å². The van der Waals surface area contributed by atoms with Gasteiger partial charge in [-0.2, -0.15) is 13.2 Å². The Kier molecular flexibility index (Phi) is 3.72. The van der Waals surface area contributed by atoms with Crippen molar-refractivity contribution in [2.45, 2.75) is 18.6 Å². The SMILES string of the molecule is N[C@@H](CC(F)(F)F)c1cc(F)cc(Br)c1. The van der Waals surface area contributed by atoms with Gasteiger partial charge in [-0.15, -0.1) is 0 Å². The molecule has 84 valence electrons. The molecule has 15 heavy (non-hydrogen) atoms. The molecule has 0 fully saturated rings. The zero-order valence-corrected chi connectivity index (χ0v) is 9.07. The minimum Gasteiger partial charge on any atom is -0.324 e. The fourth-order valence-electron chi connectivity index (χ4n) is 1.16. The van der Waals surface area contributed by atoms with E-state index < -0.39 is 24.5 Å². The molecule has 0 spiro atoms. The van der Waals surface area contributed by atoms with Crippen LogP contribution in [0.15, 0.2) is 22.7 Å². The number of hydrogen-bond donors (Lipinski definition) is 1. The summed E-state index contributed by atoms with van der Waals surface area (Å²) in [5.41, 5.74) is 5.44. The summed E-state index contributed by atoms with van der Waals surface area (Å²) in [7, 11) is 0. The largest absolute Gasteiger partial charge is 0.390 e. The maximum atomic E-state index is 12.9. The van der Waals surface area contributed by atoms with E-state index in [0.717, 1.165) is 12.1 Å². The molecule has 0 aliphatic rings. The van der Waals surface area contributed by atoms with Crippen LogP contribution < -0.4 is 5.73 Å². The van der Waals surface area contributed by atoms with E-state index in [1.165, 1.54) is 6.07 Å². The van der Waals surface area contributed by atoms with Gasteiger partial charge in [-0.25, -0.2) is 4.39 Å².